The first-order chi connectivity index (χ1) is 12.7. The summed E-state index contributed by atoms with van der Waals surface area (Å²) in [5.74, 6) is -0.633. The van der Waals surface area contributed by atoms with Gasteiger partial charge in [0.2, 0.25) is 0 Å². The van der Waals surface area contributed by atoms with Gasteiger partial charge in [-0.25, -0.2) is 0 Å². The molecular weight excluding hydrogens is 334 g/mol. The molecule has 1 saturated heterocycles. The molecule has 0 saturated carbocycles. The van der Waals surface area contributed by atoms with Gasteiger partial charge < -0.3 is 18.8 Å². The number of amides is 1. The van der Waals surface area contributed by atoms with Crippen LogP contribution in [-0.2, 0) is 25.5 Å². The van der Waals surface area contributed by atoms with Crippen molar-refractivity contribution in [1.29, 1.82) is 0 Å². The Morgan fingerprint density at radius 1 is 1.08 bits per heavy atom. The fraction of sp³-hybridized carbons (Fsp3) is 0.300. The lowest BCUT2D eigenvalue weighted by molar-refractivity contribution is -0.153. The number of rotatable bonds is 4. The quantitative estimate of drug-likeness (QED) is 0.674. The van der Waals surface area contributed by atoms with Gasteiger partial charge in [0.1, 0.15) is 5.58 Å². The van der Waals surface area contributed by atoms with Gasteiger partial charge in [0.05, 0.1) is 25.9 Å². The van der Waals surface area contributed by atoms with E-state index in [1.165, 1.54) is 0 Å². The Bertz CT molecular complexity index is 955. The first-order valence-corrected chi connectivity index (χ1v) is 8.61. The third kappa shape index (κ3) is 3.28. The second-order valence-corrected chi connectivity index (χ2v) is 6.25. The van der Waals surface area contributed by atoms with E-state index in [0.29, 0.717) is 26.3 Å². The van der Waals surface area contributed by atoms with Gasteiger partial charge in [-0.15, -0.1) is 0 Å². The zero-order valence-corrected chi connectivity index (χ0v) is 14.3. The number of carbonyl (C=O) groups is 2. The maximum absolute atomic E-state index is 12.2. The molecule has 0 aliphatic carbocycles. The Hall–Kier alpha value is -2.86. The maximum Gasteiger partial charge on any atom is 0.310 e. The molecule has 0 bridgehead atoms. The van der Waals surface area contributed by atoms with Crippen LogP contribution in [0, 0.1) is 0 Å². The minimum Gasteiger partial charge on any atom is -0.464 e. The van der Waals surface area contributed by atoms with E-state index in [4.69, 9.17) is 13.9 Å². The average molecular weight is 353 g/mol. The number of ether oxygens (including phenoxy) is 2. The van der Waals surface area contributed by atoms with Crippen LogP contribution in [0.3, 0.4) is 0 Å². The van der Waals surface area contributed by atoms with Gasteiger partial charge in [0, 0.05) is 24.0 Å². The molecule has 6 nitrogen and oxygen atoms in total. The van der Waals surface area contributed by atoms with Crippen LogP contribution in [0.5, 0.6) is 0 Å². The molecule has 1 aliphatic rings. The van der Waals surface area contributed by atoms with E-state index in [0.717, 1.165) is 27.3 Å². The van der Waals surface area contributed by atoms with Crippen molar-refractivity contribution in [3.63, 3.8) is 0 Å². The van der Waals surface area contributed by atoms with Gasteiger partial charge >= 0.3 is 5.97 Å². The van der Waals surface area contributed by atoms with Crippen molar-refractivity contribution in [3.05, 3.63) is 48.2 Å². The highest BCUT2D eigenvalue weighted by molar-refractivity contribution is 6.08. The van der Waals surface area contributed by atoms with Crippen LogP contribution in [0.15, 0.2) is 47.1 Å². The fourth-order valence-corrected chi connectivity index (χ4v) is 3.26. The second kappa shape index (κ2) is 7.17. The number of fused-ring (bicyclic) bond motifs is 3. The molecule has 134 valence electrons. The van der Waals surface area contributed by atoms with E-state index in [9.17, 15) is 9.59 Å². The van der Waals surface area contributed by atoms with Gasteiger partial charge in [-0.05, 0) is 16.8 Å². The van der Waals surface area contributed by atoms with E-state index >= 15 is 0 Å². The molecule has 0 radical (unpaired) electrons. The topological polar surface area (TPSA) is 69.0 Å². The highest BCUT2D eigenvalue weighted by Gasteiger charge is 2.19. The van der Waals surface area contributed by atoms with Gasteiger partial charge in [-0.1, -0.05) is 30.3 Å². The van der Waals surface area contributed by atoms with Crippen molar-refractivity contribution in [1.82, 2.24) is 4.90 Å². The van der Waals surface area contributed by atoms with Crippen molar-refractivity contribution in [2.75, 3.05) is 32.9 Å². The summed E-state index contributed by atoms with van der Waals surface area (Å²) < 4.78 is 16.0. The largest absolute Gasteiger partial charge is 0.464 e. The van der Waals surface area contributed by atoms with Crippen LogP contribution in [0.4, 0.5) is 0 Å². The van der Waals surface area contributed by atoms with Gasteiger partial charge in [0.25, 0.3) is 5.91 Å². The molecule has 4 rings (SSSR count). The first-order valence-electron chi connectivity index (χ1n) is 8.61. The highest BCUT2D eigenvalue weighted by Crippen LogP contribution is 2.30. The van der Waals surface area contributed by atoms with Crippen LogP contribution in [0.2, 0.25) is 0 Å². The molecular formula is C20H19NO5. The number of nitrogens with zero attached hydrogens (tertiary/aromatic N) is 1. The van der Waals surface area contributed by atoms with Crippen LogP contribution >= 0.6 is 0 Å². The van der Waals surface area contributed by atoms with Crippen LogP contribution < -0.4 is 0 Å². The molecule has 0 N–H and O–H groups in total. The monoisotopic (exact) mass is 353 g/mol. The minimum atomic E-state index is -0.442. The summed E-state index contributed by atoms with van der Waals surface area (Å²) in [5.41, 5.74) is 1.50. The summed E-state index contributed by atoms with van der Waals surface area (Å²) in [4.78, 5) is 25.9. The van der Waals surface area contributed by atoms with Crippen molar-refractivity contribution < 1.29 is 23.5 Å². The molecule has 26 heavy (non-hydrogen) atoms. The van der Waals surface area contributed by atoms with E-state index in [-0.39, 0.29) is 18.9 Å². The summed E-state index contributed by atoms with van der Waals surface area (Å²) in [5, 5.41) is 3.03. The molecule has 1 amide bonds. The lowest BCUT2D eigenvalue weighted by Gasteiger charge is -2.26. The number of hydrogen-bond donors (Lipinski definition) is 0. The van der Waals surface area contributed by atoms with Crippen LogP contribution in [0.1, 0.15) is 5.56 Å². The van der Waals surface area contributed by atoms with Gasteiger partial charge in [-0.3, -0.25) is 9.59 Å². The Kier molecular flexibility index (Phi) is 4.58. The number of furan rings is 1. The van der Waals surface area contributed by atoms with Crippen LogP contribution in [0.25, 0.3) is 21.7 Å². The normalized spacial score (nSPS) is 14.7. The number of morpholine rings is 1. The zero-order valence-electron chi connectivity index (χ0n) is 14.3. The Balaban J connectivity index is 1.46. The molecule has 0 spiro atoms. The third-order valence-electron chi connectivity index (χ3n) is 4.60. The smallest absolute Gasteiger partial charge is 0.310 e. The lowest BCUT2D eigenvalue weighted by Crippen LogP contribution is -2.42. The maximum atomic E-state index is 12.2. The Morgan fingerprint density at radius 3 is 2.73 bits per heavy atom. The predicted octanol–water partition coefficient (Wildman–Crippen LogP) is 2.53. The zero-order chi connectivity index (χ0) is 17.9. The van der Waals surface area contributed by atoms with Crippen molar-refractivity contribution in [3.8, 4) is 0 Å². The number of esters is 1. The highest BCUT2D eigenvalue weighted by atomic mass is 16.5. The summed E-state index contributed by atoms with van der Waals surface area (Å²) in [7, 11) is 0. The lowest BCUT2D eigenvalue weighted by atomic mass is 10.0. The van der Waals surface area contributed by atoms with Crippen molar-refractivity contribution in [2.45, 2.75) is 6.42 Å². The van der Waals surface area contributed by atoms with Crippen molar-refractivity contribution in [2.24, 2.45) is 0 Å². The summed E-state index contributed by atoms with van der Waals surface area (Å²) >= 11 is 0. The first kappa shape index (κ1) is 16.6. The number of carbonyl (C=O) groups excluding carboxylic acids is 2. The van der Waals surface area contributed by atoms with E-state index in [1.807, 2.05) is 36.4 Å². The second-order valence-electron chi connectivity index (χ2n) is 6.25. The predicted molar refractivity (Wildman–Crippen MR) is 95.8 cm³/mol. The molecule has 1 fully saturated rings. The molecule has 1 aromatic heterocycles. The standard InChI is InChI=1S/C20H19NO5/c22-18(21-7-9-24-10-8-21)13-26-19(23)11-15-12-25-17-6-5-14-3-1-2-4-16(14)20(15)17/h1-6,12H,7-11,13H2. The van der Waals surface area contributed by atoms with Crippen LogP contribution in [-0.4, -0.2) is 49.7 Å². The molecule has 1 aliphatic heterocycles. The molecule has 3 aromatic rings. The molecule has 0 unspecified atom stereocenters. The SMILES string of the molecule is O=C(Cc1coc2ccc3ccccc3c12)OCC(=O)N1CCOCC1. The molecule has 6 heteroatoms. The Labute approximate surface area is 150 Å². The molecule has 2 heterocycles. The van der Waals surface area contributed by atoms with E-state index < -0.39 is 5.97 Å². The number of benzene rings is 2. The number of hydrogen-bond acceptors (Lipinski definition) is 5. The summed E-state index contributed by atoms with van der Waals surface area (Å²) in [6.45, 7) is 1.88. The average Bonchev–Trinajstić information content (AvgIpc) is 3.10. The van der Waals surface area contributed by atoms with Gasteiger partial charge in [-0.2, -0.15) is 0 Å². The summed E-state index contributed by atoms with van der Waals surface area (Å²) in [6, 6.07) is 11.8. The Morgan fingerprint density at radius 2 is 1.88 bits per heavy atom. The third-order valence-corrected chi connectivity index (χ3v) is 4.60. The molecule has 0 atom stereocenters. The van der Waals surface area contributed by atoms with E-state index in [1.54, 1.807) is 11.2 Å². The molecule has 2 aromatic carbocycles. The fourth-order valence-electron chi connectivity index (χ4n) is 3.26. The van der Waals surface area contributed by atoms with E-state index in [2.05, 4.69) is 0 Å². The van der Waals surface area contributed by atoms with Gasteiger partial charge in [0.15, 0.2) is 6.61 Å². The summed E-state index contributed by atoms with van der Waals surface area (Å²) in [6.07, 6.45) is 1.65. The minimum absolute atomic E-state index is 0.0669. The van der Waals surface area contributed by atoms with Crippen molar-refractivity contribution >= 4 is 33.6 Å².